The molecule has 2 aromatic heterocycles. The van der Waals surface area contributed by atoms with Crippen molar-refractivity contribution in [2.45, 2.75) is 20.3 Å². The van der Waals surface area contributed by atoms with Crippen LogP contribution >= 0.6 is 0 Å². The molecule has 0 aliphatic rings. The molecular formula is C20H17N3O3. The fourth-order valence-electron chi connectivity index (χ4n) is 3.01. The number of aromatic amines is 1. The lowest BCUT2D eigenvalue weighted by atomic mass is 10.1. The molecule has 130 valence electrons. The molecule has 0 saturated carbocycles. The summed E-state index contributed by atoms with van der Waals surface area (Å²) in [6.45, 7) is 3.53. The number of nitrogens with zero attached hydrogens (tertiary/aromatic N) is 1. The van der Waals surface area contributed by atoms with Gasteiger partial charge in [-0.3, -0.25) is 9.59 Å². The van der Waals surface area contributed by atoms with Gasteiger partial charge in [0, 0.05) is 18.0 Å². The standard InChI is InChI=1S/C20H17N3O3/c1-11-8-14-9-13(6-7-15(14)23-20(11)25)10-18(24)22-17-5-3-4-16-19(17)26-12(2)21-16/h3-9H,10H2,1-2H3,(H,22,24)(H,23,25). The highest BCUT2D eigenvalue weighted by Crippen LogP contribution is 2.24. The van der Waals surface area contributed by atoms with Gasteiger partial charge in [0.2, 0.25) is 5.91 Å². The third-order valence-electron chi connectivity index (χ3n) is 4.26. The molecular weight excluding hydrogens is 330 g/mol. The van der Waals surface area contributed by atoms with Gasteiger partial charge >= 0.3 is 0 Å². The zero-order chi connectivity index (χ0) is 18.3. The summed E-state index contributed by atoms with van der Waals surface area (Å²) in [7, 11) is 0. The zero-order valence-electron chi connectivity index (χ0n) is 14.4. The van der Waals surface area contributed by atoms with E-state index < -0.39 is 0 Å². The van der Waals surface area contributed by atoms with Crippen LogP contribution < -0.4 is 10.9 Å². The van der Waals surface area contributed by atoms with Crippen molar-refractivity contribution in [3.63, 3.8) is 0 Å². The molecule has 0 aliphatic heterocycles. The Kier molecular flexibility index (Phi) is 3.80. The van der Waals surface area contributed by atoms with Gasteiger partial charge in [0.15, 0.2) is 11.5 Å². The van der Waals surface area contributed by atoms with Crippen LogP contribution in [0.25, 0.3) is 22.0 Å². The van der Waals surface area contributed by atoms with E-state index in [1.54, 1.807) is 19.9 Å². The number of carbonyl (C=O) groups excluding carboxylic acids is 1. The maximum Gasteiger partial charge on any atom is 0.251 e. The summed E-state index contributed by atoms with van der Waals surface area (Å²) < 4.78 is 5.57. The third-order valence-corrected chi connectivity index (χ3v) is 4.26. The summed E-state index contributed by atoms with van der Waals surface area (Å²) in [6, 6.07) is 12.9. The van der Waals surface area contributed by atoms with E-state index in [-0.39, 0.29) is 17.9 Å². The third kappa shape index (κ3) is 2.97. The van der Waals surface area contributed by atoms with Crippen molar-refractivity contribution in [3.8, 4) is 0 Å². The Morgan fingerprint density at radius 2 is 2.04 bits per heavy atom. The number of rotatable bonds is 3. The van der Waals surface area contributed by atoms with Crippen molar-refractivity contribution < 1.29 is 9.21 Å². The normalized spacial score (nSPS) is 11.2. The van der Waals surface area contributed by atoms with E-state index in [0.29, 0.717) is 28.2 Å². The van der Waals surface area contributed by atoms with Crippen molar-refractivity contribution in [1.29, 1.82) is 0 Å². The number of fused-ring (bicyclic) bond motifs is 2. The average Bonchev–Trinajstić information content (AvgIpc) is 2.97. The molecule has 2 heterocycles. The van der Waals surface area contributed by atoms with Crippen LogP contribution in [0.1, 0.15) is 17.0 Å². The van der Waals surface area contributed by atoms with E-state index in [9.17, 15) is 9.59 Å². The Morgan fingerprint density at radius 1 is 1.19 bits per heavy atom. The number of pyridine rings is 1. The summed E-state index contributed by atoms with van der Waals surface area (Å²) in [5.74, 6) is 0.410. The first-order valence-electron chi connectivity index (χ1n) is 8.28. The number of aromatic nitrogens is 2. The molecule has 2 N–H and O–H groups in total. The Labute approximate surface area is 148 Å². The number of oxazole rings is 1. The molecule has 0 radical (unpaired) electrons. The lowest BCUT2D eigenvalue weighted by Crippen LogP contribution is -2.14. The van der Waals surface area contributed by atoms with E-state index in [0.717, 1.165) is 16.5 Å². The maximum absolute atomic E-state index is 12.5. The fraction of sp³-hybridized carbons (Fsp3) is 0.150. The van der Waals surface area contributed by atoms with Gasteiger partial charge in [0.05, 0.1) is 12.1 Å². The molecule has 4 rings (SSSR count). The maximum atomic E-state index is 12.5. The SMILES string of the molecule is Cc1nc2cccc(NC(=O)Cc3ccc4[nH]c(=O)c(C)cc4c3)c2o1. The van der Waals surface area contributed by atoms with Crippen LogP contribution in [0, 0.1) is 13.8 Å². The number of H-pyrrole nitrogens is 1. The van der Waals surface area contributed by atoms with Crippen LogP contribution in [0.4, 0.5) is 5.69 Å². The van der Waals surface area contributed by atoms with Gasteiger partial charge in [0.25, 0.3) is 5.56 Å². The van der Waals surface area contributed by atoms with E-state index in [2.05, 4.69) is 15.3 Å². The summed E-state index contributed by atoms with van der Waals surface area (Å²) >= 11 is 0. The number of hydrogen-bond acceptors (Lipinski definition) is 4. The van der Waals surface area contributed by atoms with Crippen LogP contribution in [0.3, 0.4) is 0 Å². The Morgan fingerprint density at radius 3 is 2.88 bits per heavy atom. The Balaban J connectivity index is 1.58. The van der Waals surface area contributed by atoms with Crippen molar-refractivity contribution in [3.05, 3.63) is 69.8 Å². The molecule has 6 nitrogen and oxygen atoms in total. The van der Waals surface area contributed by atoms with Crippen LogP contribution in [0.15, 0.2) is 51.7 Å². The van der Waals surface area contributed by atoms with Crippen molar-refractivity contribution in [1.82, 2.24) is 9.97 Å². The number of benzene rings is 2. The quantitative estimate of drug-likeness (QED) is 0.594. The Hall–Kier alpha value is -3.41. The van der Waals surface area contributed by atoms with Crippen LogP contribution in [-0.2, 0) is 11.2 Å². The van der Waals surface area contributed by atoms with Crippen molar-refractivity contribution in [2.75, 3.05) is 5.32 Å². The molecule has 0 fully saturated rings. The zero-order valence-corrected chi connectivity index (χ0v) is 14.4. The van der Waals surface area contributed by atoms with E-state index >= 15 is 0 Å². The summed E-state index contributed by atoms with van der Waals surface area (Å²) in [4.78, 5) is 31.2. The van der Waals surface area contributed by atoms with Crippen molar-refractivity contribution >= 4 is 33.6 Å². The minimum Gasteiger partial charge on any atom is -0.439 e. The highest BCUT2D eigenvalue weighted by molar-refractivity contribution is 5.99. The smallest absolute Gasteiger partial charge is 0.251 e. The van der Waals surface area contributed by atoms with Crippen molar-refractivity contribution in [2.24, 2.45) is 0 Å². The van der Waals surface area contributed by atoms with Crippen LogP contribution in [0.2, 0.25) is 0 Å². The Bertz CT molecular complexity index is 1200. The van der Waals surface area contributed by atoms with Gasteiger partial charge in [-0.25, -0.2) is 4.98 Å². The van der Waals surface area contributed by atoms with E-state index in [1.165, 1.54) is 0 Å². The molecule has 1 amide bonds. The number of carbonyl (C=O) groups is 1. The second-order valence-electron chi connectivity index (χ2n) is 6.31. The molecule has 0 saturated heterocycles. The molecule has 6 heteroatoms. The first-order chi connectivity index (χ1) is 12.5. The van der Waals surface area contributed by atoms with E-state index in [1.807, 2.05) is 36.4 Å². The largest absolute Gasteiger partial charge is 0.439 e. The fourth-order valence-corrected chi connectivity index (χ4v) is 3.01. The van der Waals surface area contributed by atoms with Gasteiger partial charge < -0.3 is 14.7 Å². The van der Waals surface area contributed by atoms with E-state index in [4.69, 9.17) is 4.42 Å². The summed E-state index contributed by atoms with van der Waals surface area (Å²) in [5.41, 5.74) is 4.06. The molecule has 4 aromatic rings. The number of amides is 1. The predicted molar refractivity (Wildman–Crippen MR) is 100 cm³/mol. The van der Waals surface area contributed by atoms with Gasteiger partial charge in [-0.2, -0.15) is 0 Å². The number of aryl methyl sites for hydroxylation is 2. The second-order valence-corrected chi connectivity index (χ2v) is 6.31. The van der Waals surface area contributed by atoms with Gasteiger partial charge in [-0.1, -0.05) is 12.1 Å². The molecule has 0 unspecified atom stereocenters. The predicted octanol–water partition coefficient (Wildman–Crippen LogP) is 3.47. The van der Waals surface area contributed by atoms with Crippen LogP contribution in [-0.4, -0.2) is 15.9 Å². The number of nitrogens with one attached hydrogen (secondary N) is 2. The number of para-hydroxylation sites is 1. The minimum absolute atomic E-state index is 0.0987. The molecule has 2 aromatic carbocycles. The number of hydrogen-bond donors (Lipinski definition) is 2. The second kappa shape index (κ2) is 6.15. The molecule has 0 bridgehead atoms. The highest BCUT2D eigenvalue weighted by atomic mass is 16.3. The summed E-state index contributed by atoms with van der Waals surface area (Å²) in [5, 5.41) is 3.79. The van der Waals surface area contributed by atoms with Gasteiger partial charge in [-0.05, 0) is 48.2 Å². The lowest BCUT2D eigenvalue weighted by Gasteiger charge is -2.07. The number of anilines is 1. The lowest BCUT2D eigenvalue weighted by molar-refractivity contribution is -0.115. The van der Waals surface area contributed by atoms with Gasteiger partial charge in [-0.15, -0.1) is 0 Å². The molecule has 0 atom stereocenters. The van der Waals surface area contributed by atoms with Gasteiger partial charge in [0.1, 0.15) is 5.52 Å². The summed E-state index contributed by atoms with van der Waals surface area (Å²) in [6.07, 6.45) is 0.220. The first-order valence-corrected chi connectivity index (χ1v) is 8.28. The molecule has 26 heavy (non-hydrogen) atoms. The topological polar surface area (TPSA) is 88.0 Å². The van der Waals surface area contributed by atoms with Crippen LogP contribution in [0.5, 0.6) is 0 Å². The average molecular weight is 347 g/mol. The molecule has 0 spiro atoms. The molecule has 0 aliphatic carbocycles. The monoisotopic (exact) mass is 347 g/mol. The highest BCUT2D eigenvalue weighted by Gasteiger charge is 2.11. The first kappa shape index (κ1) is 16.1. The minimum atomic E-state index is -0.146.